The van der Waals surface area contributed by atoms with E-state index in [0.29, 0.717) is 18.6 Å². The van der Waals surface area contributed by atoms with Crippen molar-refractivity contribution in [3.05, 3.63) is 29.4 Å². The van der Waals surface area contributed by atoms with Crippen LogP contribution in [0.2, 0.25) is 0 Å². The highest BCUT2D eigenvalue weighted by Gasteiger charge is 2.36. The van der Waals surface area contributed by atoms with Crippen LogP contribution >= 0.6 is 0 Å². The summed E-state index contributed by atoms with van der Waals surface area (Å²) in [5, 5.41) is 12.4. The molecule has 0 bridgehead atoms. The van der Waals surface area contributed by atoms with E-state index in [1.54, 1.807) is 6.20 Å². The lowest BCUT2D eigenvalue weighted by atomic mass is 10.00. The molecule has 0 amide bonds. The van der Waals surface area contributed by atoms with Gasteiger partial charge in [-0.3, -0.25) is 4.90 Å². The molecule has 4 rings (SSSR count). The maximum Gasteiger partial charge on any atom is 0.139 e. The topological polar surface area (TPSA) is 69.2 Å². The number of hydrogen-bond acceptors (Lipinski definition) is 6. The van der Waals surface area contributed by atoms with E-state index in [9.17, 15) is 0 Å². The summed E-state index contributed by atoms with van der Waals surface area (Å²) in [6.07, 6.45) is 3.00. The van der Waals surface area contributed by atoms with Gasteiger partial charge >= 0.3 is 0 Å². The largest absolute Gasteiger partial charge is 0.368 e. The maximum atomic E-state index is 5.99. The molecular weight excluding hydrogens is 282 g/mol. The van der Waals surface area contributed by atoms with Gasteiger partial charge in [0.25, 0.3) is 0 Å². The van der Waals surface area contributed by atoms with Crippen LogP contribution in [0.5, 0.6) is 0 Å². The lowest BCUT2D eigenvalue weighted by Crippen LogP contribution is -2.48. The molecular formula is C15H21N5O2. The van der Waals surface area contributed by atoms with E-state index in [4.69, 9.17) is 9.26 Å². The number of rotatable bonds is 3. The Bertz CT molecular complexity index is 650. The summed E-state index contributed by atoms with van der Waals surface area (Å²) in [5.74, 6) is 1.32. The fourth-order valence-electron chi connectivity index (χ4n) is 3.30. The average molecular weight is 303 g/mol. The van der Waals surface area contributed by atoms with Crippen molar-refractivity contribution in [3.8, 4) is 0 Å². The molecule has 0 unspecified atom stereocenters. The zero-order chi connectivity index (χ0) is 15.1. The number of nitrogens with zero attached hydrogens (tertiary/aromatic N) is 5. The van der Waals surface area contributed by atoms with Crippen molar-refractivity contribution in [1.29, 1.82) is 0 Å². The molecule has 0 aromatic carbocycles. The minimum absolute atomic E-state index is 0.180. The van der Waals surface area contributed by atoms with Gasteiger partial charge in [-0.05, 0) is 6.42 Å². The molecule has 4 heterocycles. The lowest BCUT2D eigenvalue weighted by molar-refractivity contribution is -0.0707. The fraction of sp³-hybridized carbons (Fsp3) is 0.667. The van der Waals surface area contributed by atoms with Gasteiger partial charge in [-0.2, -0.15) is 0 Å². The molecule has 118 valence electrons. The highest BCUT2D eigenvalue weighted by atomic mass is 16.5. The first-order valence-corrected chi connectivity index (χ1v) is 7.89. The Morgan fingerprint density at radius 1 is 1.41 bits per heavy atom. The lowest BCUT2D eigenvalue weighted by Gasteiger charge is -2.40. The van der Waals surface area contributed by atoms with Crippen LogP contribution in [0.15, 0.2) is 16.8 Å². The van der Waals surface area contributed by atoms with Gasteiger partial charge in [0, 0.05) is 31.6 Å². The van der Waals surface area contributed by atoms with Crippen LogP contribution in [0.1, 0.15) is 49.4 Å². The Morgan fingerprint density at radius 3 is 3.14 bits per heavy atom. The molecule has 0 aliphatic carbocycles. The van der Waals surface area contributed by atoms with Gasteiger partial charge in [-0.25, -0.2) is 4.68 Å². The summed E-state index contributed by atoms with van der Waals surface area (Å²) >= 11 is 0. The van der Waals surface area contributed by atoms with E-state index in [1.165, 1.54) is 0 Å². The van der Waals surface area contributed by atoms with Gasteiger partial charge in [-0.15, -0.1) is 5.10 Å². The van der Waals surface area contributed by atoms with Crippen molar-refractivity contribution in [3.63, 3.8) is 0 Å². The molecule has 2 aromatic heterocycles. The Balaban J connectivity index is 1.42. The molecule has 1 fully saturated rings. The highest BCUT2D eigenvalue weighted by Crippen LogP contribution is 2.31. The van der Waals surface area contributed by atoms with E-state index in [1.807, 2.05) is 4.68 Å². The van der Waals surface area contributed by atoms with Crippen molar-refractivity contribution >= 4 is 0 Å². The normalized spacial score (nSPS) is 25.2. The third-order valence-corrected chi connectivity index (χ3v) is 4.55. The van der Waals surface area contributed by atoms with Crippen molar-refractivity contribution in [2.75, 3.05) is 13.1 Å². The first-order chi connectivity index (χ1) is 10.7. The Labute approximate surface area is 129 Å². The van der Waals surface area contributed by atoms with E-state index < -0.39 is 0 Å². The van der Waals surface area contributed by atoms with Crippen molar-refractivity contribution < 1.29 is 9.26 Å². The third kappa shape index (κ3) is 2.44. The summed E-state index contributed by atoms with van der Waals surface area (Å²) in [7, 11) is 0. The molecule has 0 radical (unpaired) electrons. The molecule has 0 saturated carbocycles. The minimum atomic E-state index is 0.180. The van der Waals surface area contributed by atoms with Gasteiger partial charge in [0.15, 0.2) is 0 Å². The van der Waals surface area contributed by atoms with Gasteiger partial charge in [0.05, 0.1) is 36.3 Å². The van der Waals surface area contributed by atoms with Crippen molar-refractivity contribution in [1.82, 2.24) is 25.1 Å². The van der Waals surface area contributed by atoms with Crippen LogP contribution in [-0.4, -0.2) is 44.2 Å². The Morgan fingerprint density at radius 2 is 2.32 bits per heavy atom. The van der Waals surface area contributed by atoms with Gasteiger partial charge in [0.1, 0.15) is 5.76 Å². The second kappa shape index (κ2) is 5.48. The Hall–Kier alpha value is -1.73. The molecule has 7 heteroatoms. The smallest absolute Gasteiger partial charge is 0.139 e. The summed E-state index contributed by atoms with van der Waals surface area (Å²) in [6.45, 7) is 7.54. The maximum absolute atomic E-state index is 5.99. The molecule has 2 atom stereocenters. The van der Waals surface area contributed by atoms with Crippen LogP contribution < -0.4 is 0 Å². The minimum Gasteiger partial charge on any atom is -0.368 e. The highest BCUT2D eigenvalue weighted by molar-refractivity contribution is 5.09. The fourth-order valence-corrected chi connectivity index (χ4v) is 3.30. The summed E-state index contributed by atoms with van der Waals surface area (Å²) in [6, 6.07) is 2.37. The molecule has 22 heavy (non-hydrogen) atoms. The molecule has 2 aromatic rings. The van der Waals surface area contributed by atoms with E-state index in [2.05, 4.69) is 40.3 Å². The molecule has 0 spiro atoms. The molecule has 7 nitrogen and oxygen atoms in total. The molecule has 2 aliphatic rings. The van der Waals surface area contributed by atoms with Gasteiger partial charge in [0.2, 0.25) is 0 Å². The number of likely N-dealkylation sites (tertiary alicyclic amines) is 1. The van der Waals surface area contributed by atoms with Gasteiger partial charge in [-0.1, -0.05) is 24.2 Å². The Kier molecular flexibility index (Phi) is 3.46. The second-order valence-corrected chi connectivity index (χ2v) is 6.49. The molecule has 1 saturated heterocycles. The average Bonchev–Trinajstić information content (AvgIpc) is 3.15. The van der Waals surface area contributed by atoms with Crippen LogP contribution in [0.3, 0.4) is 0 Å². The van der Waals surface area contributed by atoms with E-state index >= 15 is 0 Å². The molecule has 0 N–H and O–H groups in total. The summed E-state index contributed by atoms with van der Waals surface area (Å²) < 4.78 is 13.4. The molecule has 2 aliphatic heterocycles. The standard InChI is InChI=1S/C15H21N5O2/c1-10(2)14-5-11(17-22-14)7-19-4-3-13-15(8-19)21-9-12-6-16-18-20(12)13/h5-6,10,13,15H,3-4,7-9H2,1-2H3/t13-,15-/m0/s1. The van der Waals surface area contributed by atoms with Crippen LogP contribution in [-0.2, 0) is 17.9 Å². The zero-order valence-electron chi connectivity index (χ0n) is 13.0. The number of fused-ring (bicyclic) bond motifs is 3. The first kappa shape index (κ1) is 13.9. The predicted octanol–water partition coefficient (Wildman–Crippen LogP) is 1.74. The quantitative estimate of drug-likeness (QED) is 0.860. The number of aromatic nitrogens is 4. The summed E-state index contributed by atoms with van der Waals surface area (Å²) in [4.78, 5) is 2.38. The zero-order valence-corrected chi connectivity index (χ0v) is 13.0. The SMILES string of the molecule is CC(C)c1cc(CN2CC[C@H]3[C@H](C2)OCc2cnnn23)no1. The van der Waals surface area contributed by atoms with Crippen molar-refractivity contribution in [2.24, 2.45) is 0 Å². The third-order valence-electron chi connectivity index (χ3n) is 4.55. The summed E-state index contributed by atoms with van der Waals surface area (Å²) in [5.41, 5.74) is 2.08. The number of hydrogen-bond donors (Lipinski definition) is 0. The van der Waals surface area contributed by atoms with Crippen LogP contribution in [0.25, 0.3) is 0 Å². The van der Waals surface area contributed by atoms with Crippen LogP contribution in [0.4, 0.5) is 0 Å². The van der Waals surface area contributed by atoms with E-state index in [-0.39, 0.29) is 6.10 Å². The number of ether oxygens (including phenoxy) is 1. The predicted molar refractivity (Wildman–Crippen MR) is 78.1 cm³/mol. The van der Waals surface area contributed by atoms with Gasteiger partial charge < -0.3 is 9.26 Å². The number of piperidine rings is 1. The first-order valence-electron chi connectivity index (χ1n) is 7.89. The monoisotopic (exact) mass is 303 g/mol. The van der Waals surface area contributed by atoms with E-state index in [0.717, 1.165) is 43.2 Å². The van der Waals surface area contributed by atoms with Crippen molar-refractivity contribution in [2.45, 2.75) is 51.5 Å². The second-order valence-electron chi connectivity index (χ2n) is 6.49. The van der Waals surface area contributed by atoms with Crippen LogP contribution in [0, 0.1) is 0 Å².